The van der Waals surface area contributed by atoms with Crippen LogP contribution in [0.5, 0.6) is 11.5 Å². The molecule has 5 heteroatoms. The lowest BCUT2D eigenvalue weighted by Crippen LogP contribution is -2.25. The van der Waals surface area contributed by atoms with Gasteiger partial charge in [0, 0.05) is 52.9 Å². The molecule has 0 atom stereocenters. The number of hydrogen-bond acceptors (Lipinski definition) is 4. The van der Waals surface area contributed by atoms with Crippen LogP contribution in [0.3, 0.4) is 0 Å². The van der Waals surface area contributed by atoms with Crippen molar-refractivity contribution in [3.05, 3.63) is 157 Å². The largest absolute Gasteiger partial charge is 0.457 e. The van der Waals surface area contributed by atoms with Gasteiger partial charge in [-0.2, -0.15) is 0 Å². The lowest BCUT2D eigenvalue weighted by Gasteiger charge is -2.26. The first kappa shape index (κ1) is 32.4. The second kappa shape index (κ2) is 12.5. The van der Waals surface area contributed by atoms with Gasteiger partial charge in [-0.1, -0.05) is 102 Å². The molecule has 0 aliphatic carbocycles. The summed E-state index contributed by atoms with van der Waals surface area (Å²) in [6.07, 6.45) is 6.23. The minimum absolute atomic E-state index is 0.00819. The molecule has 2 aromatic heterocycles. The summed E-state index contributed by atoms with van der Waals surface area (Å²) in [4.78, 5) is 9.43. The predicted molar refractivity (Wildman–Crippen MR) is 213 cm³/mol. The quantitative estimate of drug-likeness (QED) is 0.177. The fourth-order valence-corrected chi connectivity index (χ4v) is 6.89. The van der Waals surface area contributed by atoms with Gasteiger partial charge in [0.05, 0.1) is 17.7 Å². The van der Waals surface area contributed by atoms with Gasteiger partial charge in [0.2, 0.25) is 0 Å². The van der Waals surface area contributed by atoms with Crippen molar-refractivity contribution in [1.82, 2.24) is 9.55 Å². The molecule has 0 bridgehead atoms. The number of pyridine rings is 1. The van der Waals surface area contributed by atoms with E-state index < -0.39 is 0 Å². The molecule has 0 radical (unpaired) electrons. The Morgan fingerprint density at radius 3 is 2.02 bits per heavy atom. The van der Waals surface area contributed by atoms with Crippen LogP contribution in [-0.4, -0.2) is 16.2 Å². The molecule has 3 heterocycles. The summed E-state index contributed by atoms with van der Waals surface area (Å²) >= 11 is 0. The Balaban J connectivity index is 1.14. The van der Waals surface area contributed by atoms with E-state index in [2.05, 4.69) is 196 Å². The fraction of sp³-hybridized carbons (Fsp3) is 0.196. The smallest absolute Gasteiger partial charge is 0.137 e. The summed E-state index contributed by atoms with van der Waals surface area (Å²) in [6.45, 7) is 14.2. The Labute approximate surface area is 301 Å². The second-order valence-corrected chi connectivity index (χ2v) is 15.5. The number of fused-ring (bicyclic) bond motifs is 3. The molecule has 5 nitrogen and oxygen atoms in total. The van der Waals surface area contributed by atoms with Crippen molar-refractivity contribution >= 4 is 33.2 Å². The Bertz CT molecular complexity index is 2410. The third-order valence-electron chi connectivity index (χ3n) is 9.83. The van der Waals surface area contributed by atoms with Crippen LogP contribution < -0.4 is 14.5 Å². The molecule has 8 rings (SSSR count). The van der Waals surface area contributed by atoms with Crippen LogP contribution in [0, 0.1) is 0 Å². The van der Waals surface area contributed by atoms with Gasteiger partial charge < -0.3 is 14.5 Å². The van der Waals surface area contributed by atoms with Gasteiger partial charge in [-0.3, -0.25) is 4.57 Å². The van der Waals surface area contributed by atoms with Gasteiger partial charge in [-0.25, -0.2) is 4.98 Å². The van der Waals surface area contributed by atoms with Crippen molar-refractivity contribution in [3.8, 4) is 28.4 Å². The number of hydrogen-bond donors (Lipinski definition) is 0. The van der Waals surface area contributed by atoms with Crippen LogP contribution >= 0.6 is 0 Å². The minimum Gasteiger partial charge on any atom is -0.457 e. The van der Waals surface area contributed by atoms with Crippen molar-refractivity contribution in [2.45, 2.75) is 52.4 Å². The Morgan fingerprint density at radius 2 is 1.24 bits per heavy atom. The number of benzene rings is 5. The first-order valence-corrected chi connectivity index (χ1v) is 17.7. The van der Waals surface area contributed by atoms with E-state index >= 15 is 0 Å². The third kappa shape index (κ3) is 6.36. The molecule has 0 saturated heterocycles. The maximum Gasteiger partial charge on any atom is 0.137 e. The fourth-order valence-electron chi connectivity index (χ4n) is 6.89. The standard InChI is InChI=1S/C46H44N4O/c1-45(2,3)34-21-22-47-44(28-34)50-42-18-11-10-17-40(42)41-20-19-38(30-43(41)50)51-39-27-35(46(4,5)6)26-37(29-39)49-24-23-48(31-49)36-16-12-15-33(25-36)32-13-8-7-9-14-32/h7-30H,31H2,1-6H3. The summed E-state index contributed by atoms with van der Waals surface area (Å²) in [5, 5.41) is 2.36. The molecular weight excluding hydrogens is 625 g/mol. The Kier molecular flexibility index (Phi) is 7.94. The van der Waals surface area contributed by atoms with Crippen molar-refractivity contribution in [3.63, 3.8) is 0 Å². The zero-order chi connectivity index (χ0) is 35.3. The molecule has 0 spiro atoms. The minimum atomic E-state index is -0.0681. The highest BCUT2D eigenvalue weighted by molar-refractivity contribution is 6.09. The van der Waals surface area contributed by atoms with Crippen LogP contribution in [0.25, 0.3) is 38.8 Å². The molecule has 254 valence electrons. The summed E-state index contributed by atoms with van der Waals surface area (Å²) in [5.41, 5.74) is 9.26. The number of anilines is 2. The van der Waals surface area contributed by atoms with Crippen molar-refractivity contribution in [2.75, 3.05) is 16.5 Å². The first-order valence-electron chi connectivity index (χ1n) is 17.7. The summed E-state index contributed by atoms with van der Waals surface area (Å²) in [6, 6.07) is 45.2. The molecule has 0 saturated carbocycles. The summed E-state index contributed by atoms with van der Waals surface area (Å²) in [7, 11) is 0. The first-order chi connectivity index (χ1) is 24.5. The highest BCUT2D eigenvalue weighted by Crippen LogP contribution is 2.39. The van der Waals surface area contributed by atoms with E-state index in [4.69, 9.17) is 9.72 Å². The topological polar surface area (TPSA) is 33.5 Å². The van der Waals surface area contributed by atoms with Gasteiger partial charge in [0.15, 0.2) is 0 Å². The maximum absolute atomic E-state index is 6.77. The molecule has 0 N–H and O–H groups in total. The molecule has 0 amide bonds. The second-order valence-electron chi connectivity index (χ2n) is 15.5. The summed E-state index contributed by atoms with van der Waals surface area (Å²) in [5.74, 6) is 2.50. The van der Waals surface area contributed by atoms with Crippen molar-refractivity contribution < 1.29 is 4.74 Å². The zero-order valence-corrected chi connectivity index (χ0v) is 30.3. The Morgan fingerprint density at radius 1 is 0.529 bits per heavy atom. The molecule has 51 heavy (non-hydrogen) atoms. The average Bonchev–Trinajstić information content (AvgIpc) is 3.75. The van der Waals surface area contributed by atoms with E-state index in [1.54, 1.807) is 0 Å². The molecule has 1 aliphatic heterocycles. The molecule has 1 aliphatic rings. The Hall–Kier alpha value is -5.81. The van der Waals surface area contributed by atoms with E-state index in [0.717, 1.165) is 39.7 Å². The number of aromatic nitrogens is 2. The summed E-state index contributed by atoms with van der Waals surface area (Å²) < 4.78 is 9.03. The number of para-hydroxylation sites is 1. The van der Waals surface area contributed by atoms with Crippen LogP contribution in [0.4, 0.5) is 11.4 Å². The third-order valence-corrected chi connectivity index (χ3v) is 9.83. The molecular formula is C46H44N4O. The lowest BCUT2D eigenvalue weighted by molar-refractivity contribution is 0.479. The van der Waals surface area contributed by atoms with Crippen LogP contribution in [0.15, 0.2) is 146 Å². The molecule has 7 aromatic rings. The van der Waals surface area contributed by atoms with Crippen LogP contribution in [0.2, 0.25) is 0 Å². The van der Waals surface area contributed by atoms with E-state index in [-0.39, 0.29) is 10.8 Å². The van der Waals surface area contributed by atoms with Gasteiger partial charge in [-0.05, 0) is 87.7 Å². The average molecular weight is 669 g/mol. The van der Waals surface area contributed by atoms with Crippen LogP contribution in [-0.2, 0) is 10.8 Å². The molecule has 0 fully saturated rings. The molecule has 5 aromatic carbocycles. The number of nitrogens with zero attached hydrogens (tertiary/aromatic N) is 4. The van der Waals surface area contributed by atoms with Gasteiger partial charge in [-0.15, -0.1) is 0 Å². The monoisotopic (exact) mass is 668 g/mol. The predicted octanol–water partition coefficient (Wildman–Crippen LogP) is 12.0. The van der Waals surface area contributed by atoms with Crippen molar-refractivity contribution in [2.24, 2.45) is 0 Å². The lowest BCUT2D eigenvalue weighted by atomic mass is 9.86. The van der Waals surface area contributed by atoms with Gasteiger partial charge >= 0.3 is 0 Å². The van der Waals surface area contributed by atoms with E-state index in [9.17, 15) is 0 Å². The SMILES string of the molecule is CC(C)(C)c1cc(Oc2ccc3c4ccccc4n(-c4cc(C(C)(C)C)ccn4)c3c2)cc(N2C=CN(c3cccc(-c4ccccc4)c3)C2)c1. The van der Waals surface area contributed by atoms with Crippen LogP contribution in [0.1, 0.15) is 52.7 Å². The highest BCUT2D eigenvalue weighted by atomic mass is 16.5. The highest BCUT2D eigenvalue weighted by Gasteiger charge is 2.22. The zero-order valence-electron chi connectivity index (χ0n) is 30.3. The van der Waals surface area contributed by atoms with Gasteiger partial charge in [0.25, 0.3) is 0 Å². The van der Waals surface area contributed by atoms with Gasteiger partial charge in [0.1, 0.15) is 17.3 Å². The van der Waals surface area contributed by atoms with E-state index in [0.29, 0.717) is 6.67 Å². The van der Waals surface area contributed by atoms with Crippen molar-refractivity contribution in [1.29, 1.82) is 0 Å². The number of rotatable bonds is 6. The normalized spacial score (nSPS) is 13.5. The molecule has 0 unspecified atom stereocenters. The number of ether oxygens (including phenoxy) is 1. The maximum atomic E-state index is 6.77. The van der Waals surface area contributed by atoms with E-state index in [1.165, 1.54) is 33.0 Å². The van der Waals surface area contributed by atoms with E-state index in [1.807, 2.05) is 6.20 Å².